The van der Waals surface area contributed by atoms with Crippen LogP contribution >= 0.6 is 0 Å². The number of rotatable bonds is 20. The molecule has 424 valence electrons. The van der Waals surface area contributed by atoms with Crippen molar-refractivity contribution in [1.29, 1.82) is 0 Å². The van der Waals surface area contributed by atoms with Crippen LogP contribution in [0.15, 0.2) is 36.4 Å². The predicted octanol–water partition coefficient (Wildman–Crippen LogP) is -0.383. The highest BCUT2D eigenvalue weighted by atomic mass is 16.7. The summed E-state index contributed by atoms with van der Waals surface area (Å²) in [5, 5.41) is 106. The van der Waals surface area contributed by atoms with Crippen molar-refractivity contribution in [3.05, 3.63) is 75.3 Å². The number of aliphatic carboxylic acids is 1. The highest BCUT2D eigenvalue weighted by Crippen LogP contribution is 2.52. The van der Waals surface area contributed by atoms with Gasteiger partial charge in [0.2, 0.25) is 18.0 Å². The third kappa shape index (κ3) is 11.7. The molecule has 3 aliphatic heterocycles. The molecule has 12 N–H and O–H groups in total. The van der Waals surface area contributed by atoms with Crippen LogP contribution in [0, 0.1) is 0 Å². The zero-order chi connectivity index (χ0) is 56.3. The van der Waals surface area contributed by atoms with Gasteiger partial charge >= 0.3 is 12.1 Å². The van der Waals surface area contributed by atoms with Crippen molar-refractivity contribution < 1.29 is 108 Å². The summed E-state index contributed by atoms with van der Waals surface area (Å²) in [6, 6.07) is 7.86. The van der Waals surface area contributed by atoms with Gasteiger partial charge in [-0.2, -0.15) is 0 Å². The third-order valence-corrected chi connectivity index (χ3v) is 14.5. The van der Waals surface area contributed by atoms with Crippen LogP contribution in [0.5, 0.6) is 23.0 Å². The zero-order valence-electron chi connectivity index (χ0n) is 42.8. The monoisotopic (exact) mass is 1100 g/mol. The van der Waals surface area contributed by atoms with Gasteiger partial charge in [-0.3, -0.25) is 24.1 Å². The lowest BCUT2D eigenvalue weighted by molar-refractivity contribution is -0.271. The standard InChI is InChI=1S/C52H64N4O22/c1-4-53-14-12-33(59)55-27-17-24(10-11-29(27)77-50-47(67)45(65)46(66)48(78-50)49(68)69)22-74-51(70)56-15-16-73-34(56)9-6-13-54-28-18-35(75-23(2)40(28)60)76-31-20-52(71,32(58)21-57)19-26-37(31)44(64)39-38(42(26)62)41(61)25-7-5-8-30(72-3)36(25)43(39)63/h5,7-8,10-11,17,23,28,31,34-35,40,45-48,50,53-54,57,60,62,64-67,71H,4,6,9,12-16,18-22H2,1-3H3,(H,55,59)(H,68,69)/t23?,28?,31?,34?,35?,40?,45-,46-,47+,48-,50+,52-/m0/s1. The number of fused-ring (bicyclic) bond motifs is 3. The van der Waals surface area contributed by atoms with E-state index in [0.29, 0.717) is 31.5 Å². The number of methoxy groups -OCH3 is 1. The molecule has 26 nitrogen and oxygen atoms in total. The summed E-state index contributed by atoms with van der Waals surface area (Å²) in [7, 11) is 1.30. The number of carboxylic acid groups (broad SMARTS) is 1. The van der Waals surface area contributed by atoms with E-state index in [0.717, 1.165) is 0 Å². The van der Waals surface area contributed by atoms with E-state index in [-0.39, 0.29) is 78.6 Å². The summed E-state index contributed by atoms with van der Waals surface area (Å²) < 4.78 is 40.2. The number of phenols is 2. The highest BCUT2D eigenvalue weighted by Gasteiger charge is 2.51. The van der Waals surface area contributed by atoms with E-state index in [1.54, 1.807) is 6.92 Å². The number of nitrogens with one attached hydrogen (secondary N) is 3. The lowest BCUT2D eigenvalue weighted by Gasteiger charge is -2.43. The number of anilines is 1. The van der Waals surface area contributed by atoms with E-state index in [1.807, 2.05) is 6.92 Å². The molecule has 78 heavy (non-hydrogen) atoms. The van der Waals surface area contributed by atoms with Gasteiger partial charge < -0.3 is 95.1 Å². The van der Waals surface area contributed by atoms with Crippen molar-refractivity contribution in [2.75, 3.05) is 51.8 Å². The van der Waals surface area contributed by atoms with Crippen molar-refractivity contribution in [2.45, 2.75) is 132 Å². The highest BCUT2D eigenvalue weighted by molar-refractivity contribution is 6.31. The normalized spacial score (nSPS) is 28.5. The molecule has 2 amide bonds. The van der Waals surface area contributed by atoms with Crippen molar-refractivity contribution in [2.24, 2.45) is 0 Å². The molecular weight excluding hydrogens is 1030 g/mol. The topological polar surface area (TPSA) is 388 Å². The summed E-state index contributed by atoms with van der Waals surface area (Å²) in [4.78, 5) is 80.5. The Bertz CT molecular complexity index is 2780. The number of phenolic OH excluding ortho intramolecular Hbond substituents is 2. The molecule has 0 aromatic heterocycles. The summed E-state index contributed by atoms with van der Waals surface area (Å²) in [5.74, 6) is -6.31. The fraction of sp³-hybridized carbons (Fsp3) is 0.538. The second kappa shape index (κ2) is 24.3. The van der Waals surface area contributed by atoms with Crippen molar-refractivity contribution in [3.8, 4) is 23.0 Å². The Kier molecular flexibility index (Phi) is 18.0. The van der Waals surface area contributed by atoms with Gasteiger partial charge in [0.15, 0.2) is 24.0 Å². The van der Waals surface area contributed by atoms with Crippen LogP contribution in [0.4, 0.5) is 10.5 Å². The van der Waals surface area contributed by atoms with E-state index < -0.39 is 151 Å². The van der Waals surface area contributed by atoms with Gasteiger partial charge in [0.05, 0.1) is 61.0 Å². The second-order valence-electron chi connectivity index (χ2n) is 19.6. The predicted molar refractivity (Wildman–Crippen MR) is 265 cm³/mol. The average molecular weight is 1100 g/mol. The number of Topliss-reactive ketones (excluding diaryl/α,β-unsaturated/α-hetero) is 1. The van der Waals surface area contributed by atoms with Gasteiger partial charge in [-0.25, -0.2) is 9.59 Å². The first-order valence-corrected chi connectivity index (χ1v) is 25.4. The van der Waals surface area contributed by atoms with Gasteiger partial charge in [0.25, 0.3) is 0 Å². The van der Waals surface area contributed by atoms with Crippen molar-refractivity contribution in [1.82, 2.24) is 15.5 Å². The number of carbonyl (C=O) groups is 6. The third-order valence-electron chi connectivity index (χ3n) is 14.5. The summed E-state index contributed by atoms with van der Waals surface area (Å²) in [6.45, 7) is 3.67. The first-order chi connectivity index (χ1) is 37.2. The number of aromatic hydroxyl groups is 2. The molecule has 3 aromatic rings. The number of hydrogen-bond donors (Lipinski definition) is 12. The van der Waals surface area contributed by atoms with Gasteiger partial charge in [0.1, 0.15) is 66.4 Å². The van der Waals surface area contributed by atoms with Crippen LogP contribution in [0.1, 0.15) is 101 Å². The van der Waals surface area contributed by atoms with Crippen molar-refractivity contribution >= 4 is 41.0 Å². The number of aliphatic hydroxyl groups is 6. The molecule has 3 fully saturated rings. The first kappa shape index (κ1) is 57.8. The fourth-order valence-corrected chi connectivity index (χ4v) is 10.4. The minimum absolute atomic E-state index is 0.0360. The molecule has 26 heteroatoms. The number of benzene rings is 3. The maximum Gasteiger partial charge on any atom is 0.412 e. The lowest BCUT2D eigenvalue weighted by Crippen LogP contribution is -2.61. The minimum Gasteiger partial charge on any atom is -0.507 e. The van der Waals surface area contributed by atoms with Crippen LogP contribution in [0.2, 0.25) is 0 Å². The minimum atomic E-state index is -2.36. The van der Waals surface area contributed by atoms with Gasteiger partial charge in [-0.05, 0) is 56.6 Å². The fourth-order valence-electron chi connectivity index (χ4n) is 10.4. The molecule has 3 heterocycles. The molecule has 2 aliphatic carbocycles. The number of ketones is 3. The average Bonchev–Trinajstić information content (AvgIpc) is 3.93. The second-order valence-corrected chi connectivity index (χ2v) is 19.6. The molecule has 12 atom stereocenters. The van der Waals surface area contributed by atoms with Crippen LogP contribution in [-0.2, 0) is 51.1 Å². The number of amides is 2. The van der Waals surface area contributed by atoms with E-state index in [2.05, 4.69) is 16.0 Å². The maximum atomic E-state index is 14.1. The Morgan fingerprint density at radius 2 is 1.67 bits per heavy atom. The molecule has 6 unspecified atom stereocenters. The molecule has 0 radical (unpaired) electrons. The quantitative estimate of drug-likeness (QED) is 0.0396. The number of ether oxygens (including phenoxy) is 7. The molecule has 8 rings (SSSR count). The molecular formula is C52H64N4O22. The van der Waals surface area contributed by atoms with Crippen molar-refractivity contribution in [3.63, 3.8) is 0 Å². The van der Waals surface area contributed by atoms with Gasteiger partial charge in [-0.15, -0.1) is 0 Å². The molecule has 3 saturated heterocycles. The molecule has 0 bridgehead atoms. The molecule has 3 aromatic carbocycles. The Morgan fingerprint density at radius 3 is 2.38 bits per heavy atom. The zero-order valence-corrected chi connectivity index (χ0v) is 42.8. The van der Waals surface area contributed by atoms with Gasteiger partial charge in [-0.1, -0.05) is 25.1 Å². The molecule has 0 saturated carbocycles. The number of aliphatic hydroxyl groups excluding tert-OH is 5. The van der Waals surface area contributed by atoms with Gasteiger partial charge in [0, 0.05) is 55.0 Å². The Labute approximate surface area is 445 Å². The summed E-state index contributed by atoms with van der Waals surface area (Å²) in [6.07, 6.45) is -16.0. The van der Waals surface area contributed by atoms with Crippen LogP contribution < -0.4 is 25.4 Å². The first-order valence-electron chi connectivity index (χ1n) is 25.4. The number of carboxylic acids is 1. The smallest absolute Gasteiger partial charge is 0.412 e. The molecule has 0 spiro atoms. The lowest BCUT2D eigenvalue weighted by atomic mass is 9.72. The Hall–Kier alpha value is -6.40. The summed E-state index contributed by atoms with van der Waals surface area (Å²) >= 11 is 0. The van der Waals surface area contributed by atoms with E-state index in [9.17, 15) is 74.7 Å². The van der Waals surface area contributed by atoms with E-state index >= 15 is 0 Å². The maximum absolute atomic E-state index is 14.1. The number of hydrogen-bond acceptors (Lipinski definition) is 23. The SMILES string of the molecule is CCNCCC(=O)Nc1cc(COC(=O)N2CCOC2CCCNC2CC(OC3C[C@](O)(C(=O)CO)Cc4c(O)c5c(c(O)c43)C(=O)c3c(OC)cccc3C5=O)OC(C)C2O)ccc1O[C@@H]1O[C@H](C(=O)O)[C@@H](O)[C@H](O)[C@H]1O. The van der Waals surface area contributed by atoms with Crippen LogP contribution in [-0.4, -0.2) is 200 Å². The number of nitrogens with zero attached hydrogens (tertiary/aromatic N) is 1. The van der Waals surface area contributed by atoms with Crippen LogP contribution in [0.3, 0.4) is 0 Å². The Morgan fingerprint density at radius 1 is 0.910 bits per heavy atom. The van der Waals surface area contributed by atoms with E-state index in [4.69, 9.17) is 33.2 Å². The largest absolute Gasteiger partial charge is 0.507 e. The number of carbonyl (C=O) groups excluding carboxylic acids is 5. The molecule has 5 aliphatic rings. The van der Waals surface area contributed by atoms with Crippen LogP contribution in [0.25, 0.3) is 0 Å². The van der Waals surface area contributed by atoms with E-state index in [1.165, 1.54) is 48.4 Å². The summed E-state index contributed by atoms with van der Waals surface area (Å²) in [5.41, 5.74) is -3.71. The Balaban J connectivity index is 0.902.